The van der Waals surface area contributed by atoms with Gasteiger partial charge in [-0.25, -0.2) is 0 Å². The lowest BCUT2D eigenvalue weighted by Gasteiger charge is -2.15. The van der Waals surface area contributed by atoms with Gasteiger partial charge >= 0.3 is 6.18 Å². The summed E-state index contributed by atoms with van der Waals surface area (Å²) in [5.41, 5.74) is 0.933. The lowest BCUT2D eigenvalue weighted by molar-refractivity contribution is -0.138. The van der Waals surface area contributed by atoms with Gasteiger partial charge in [-0.1, -0.05) is 51.8 Å². The molecule has 2 rings (SSSR count). The Morgan fingerprint density at radius 3 is 2.30 bits per heavy atom. The molecule has 0 bridgehead atoms. The van der Waals surface area contributed by atoms with E-state index in [0.717, 1.165) is 11.6 Å². The maximum Gasteiger partial charge on any atom is 0.417 e. The third kappa shape index (κ3) is 3.22. The van der Waals surface area contributed by atoms with Gasteiger partial charge in [0.05, 0.1) is 5.56 Å². The summed E-state index contributed by atoms with van der Waals surface area (Å²) in [6.07, 6.45) is -5.54. The number of benzene rings is 2. The van der Waals surface area contributed by atoms with Crippen LogP contribution in [0.2, 0.25) is 0 Å². The summed E-state index contributed by atoms with van der Waals surface area (Å²) in [6, 6.07) is 10.8. The van der Waals surface area contributed by atoms with Crippen LogP contribution in [-0.2, 0) is 6.18 Å². The van der Waals surface area contributed by atoms with Crippen LogP contribution in [0.25, 0.3) is 0 Å². The Kier molecular flexibility index (Phi) is 4.20. The van der Waals surface area contributed by atoms with Crippen molar-refractivity contribution >= 4 is 15.9 Å². The number of aliphatic hydroxyl groups excluding tert-OH is 1. The highest BCUT2D eigenvalue weighted by Crippen LogP contribution is 2.37. The second-order valence-electron chi connectivity index (χ2n) is 4.55. The Hall–Kier alpha value is -1.33. The van der Waals surface area contributed by atoms with Gasteiger partial charge in [0.1, 0.15) is 6.10 Å². The SMILES string of the molecule is Cc1cccc(C(O)c2ccc(Br)c(C(F)(F)F)c2)c1. The first-order chi connectivity index (χ1) is 9.29. The van der Waals surface area contributed by atoms with Crippen molar-refractivity contribution in [3.63, 3.8) is 0 Å². The van der Waals surface area contributed by atoms with Crippen LogP contribution in [0.1, 0.15) is 28.4 Å². The summed E-state index contributed by atoms with van der Waals surface area (Å²) in [5, 5.41) is 10.2. The monoisotopic (exact) mass is 344 g/mol. The van der Waals surface area contributed by atoms with Crippen LogP contribution in [0.3, 0.4) is 0 Å². The largest absolute Gasteiger partial charge is 0.417 e. The summed E-state index contributed by atoms with van der Waals surface area (Å²) in [6.45, 7) is 1.86. The lowest BCUT2D eigenvalue weighted by Crippen LogP contribution is -2.08. The molecular weight excluding hydrogens is 333 g/mol. The zero-order valence-corrected chi connectivity index (χ0v) is 12.2. The van der Waals surface area contributed by atoms with Crippen LogP contribution in [0.4, 0.5) is 13.2 Å². The maximum atomic E-state index is 12.8. The molecule has 0 heterocycles. The Bertz CT molecular complexity index is 623. The van der Waals surface area contributed by atoms with Crippen LogP contribution in [0, 0.1) is 6.92 Å². The summed E-state index contributed by atoms with van der Waals surface area (Å²) in [7, 11) is 0. The first-order valence-corrected chi connectivity index (χ1v) is 6.69. The molecule has 0 aliphatic carbocycles. The van der Waals surface area contributed by atoms with Crippen molar-refractivity contribution < 1.29 is 18.3 Å². The fourth-order valence-electron chi connectivity index (χ4n) is 1.96. The Balaban J connectivity index is 2.43. The van der Waals surface area contributed by atoms with E-state index < -0.39 is 17.8 Å². The molecule has 1 N–H and O–H groups in total. The van der Waals surface area contributed by atoms with E-state index in [2.05, 4.69) is 15.9 Å². The molecule has 1 atom stereocenters. The highest BCUT2D eigenvalue weighted by molar-refractivity contribution is 9.10. The van der Waals surface area contributed by atoms with Crippen molar-refractivity contribution in [1.82, 2.24) is 0 Å². The summed E-state index contributed by atoms with van der Waals surface area (Å²) in [4.78, 5) is 0. The Labute approximate surface area is 123 Å². The van der Waals surface area contributed by atoms with E-state index >= 15 is 0 Å². The first-order valence-electron chi connectivity index (χ1n) is 5.90. The standard InChI is InChI=1S/C15H12BrF3O/c1-9-3-2-4-10(7-9)14(20)11-5-6-13(16)12(8-11)15(17,18)19/h2-8,14,20H,1H3. The molecule has 106 valence electrons. The number of aliphatic hydroxyl groups is 1. The Morgan fingerprint density at radius 1 is 1.05 bits per heavy atom. The van der Waals surface area contributed by atoms with E-state index in [4.69, 9.17) is 0 Å². The molecule has 0 fully saturated rings. The van der Waals surface area contributed by atoms with Gasteiger partial charge in [-0.2, -0.15) is 13.2 Å². The van der Waals surface area contributed by atoms with E-state index in [9.17, 15) is 18.3 Å². The molecule has 5 heteroatoms. The molecule has 2 aromatic carbocycles. The molecule has 0 saturated heterocycles. The number of alkyl halides is 3. The van der Waals surface area contributed by atoms with Crippen LogP contribution in [-0.4, -0.2) is 5.11 Å². The van der Waals surface area contributed by atoms with E-state index in [1.54, 1.807) is 18.2 Å². The molecule has 0 saturated carbocycles. The van der Waals surface area contributed by atoms with Crippen molar-refractivity contribution in [2.24, 2.45) is 0 Å². The van der Waals surface area contributed by atoms with Gasteiger partial charge < -0.3 is 5.11 Å². The van der Waals surface area contributed by atoms with Gasteiger partial charge in [0.15, 0.2) is 0 Å². The molecular formula is C15H12BrF3O. The number of hydrogen-bond donors (Lipinski definition) is 1. The predicted octanol–water partition coefficient (Wildman–Crippen LogP) is 4.86. The quantitative estimate of drug-likeness (QED) is 0.824. The van der Waals surface area contributed by atoms with Gasteiger partial charge in [0.25, 0.3) is 0 Å². The lowest BCUT2D eigenvalue weighted by atomic mass is 9.98. The van der Waals surface area contributed by atoms with E-state index in [0.29, 0.717) is 5.56 Å². The number of aryl methyl sites for hydroxylation is 1. The van der Waals surface area contributed by atoms with Gasteiger partial charge in [-0.3, -0.25) is 0 Å². The van der Waals surface area contributed by atoms with Gasteiger partial charge in [-0.05, 0) is 30.2 Å². The molecule has 2 aromatic rings. The molecule has 0 aromatic heterocycles. The van der Waals surface area contributed by atoms with Crippen molar-refractivity contribution in [2.75, 3.05) is 0 Å². The van der Waals surface area contributed by atoms with Crippen LogP contribution < -0.4 is 0 Å². The minimum atomic E-state index is -4.46. The van der Waals surface area contributed by atoms with E-state index in [1.165, 1.54) is 12.1 Å². The highest BCUT2D eigenvalue weighted by atomic mass is 79.9. The average Bonchev–Trinajstić information content (AvgIpc) is 2.37. The number of rotatable bonds is 2. The molecule has 20 heavy (non-hydrogen) atoms. The summed E-state index contributed by atoms with van der Waals surface area (Å²) < 4.78 is 38.5. The number of hydrogen-bond acceptors (Lipinski definition) is 1. The highest BCUT2D eigenvalue weighted by Gasteiger charge is 2.33. The van der Waals surface area contributed by atoms with Crippen LogP contribution in [0.5, 0.6) is 0 Å². The fourth-order valence-corrected chi connectivity index (χ4v) is 2.43. The van der Waals surface area contributed by atoms with Gasteiger partial charge in [-0.15, -0.1) is 0 Å². The van der Waals surface area contributed by atoms with Crippen LogP contribution >= 0.6 is 15.9 Å². The van der Waals surface area contributed by atoms with Crippen molar-refractivity contribution in [1.29, 1.82) is 0 Å². The van der Waals surface area contributed by atoms with Gasteiger partial charge in [0.2, 0.25) is 0 Å². The molecule has 1 nitrogen and oxygen atoms in total. The minimum absolute atomic E-state index is 0.0369. The minimum Gasteiger partial charge on any atom is -0.384 e. The van der Waals surface area contributed by atoms with Crippen molar-refractivity contribution in [3.8, 4) is 0 Å². The normalized spacial score (nSPS) is 13.3. The number of halogens is 4. The molecule has 1 unspecified atom stereocenters. The molecule has 0 aliphatic rings. The predicted molar refractivity (Wildman–Crippen MR) is 74.4 cm³/mol. The third-order valence-corrected chi connectivity index (χ3v) is 3.66. The fraction of sp³-hybridized carbons (Fsp3) is 0.200. The average molecular weight is 345 g/mol. The van der Waals surface area contributed by atoms with Crippen molar-refractivity contribution in [3.05, 3.63) is 69.2 Å². The summed E-state index contributed by atoms with van der Waals surface area (Å²) >= 11 is 2.88. The molecule has 0 radical (unpaired) electrons. The molecule has 0 aliphatic heterocycles. The topological polar surface area (TPSA) is 20.2 Å². The second kappa shape index (κ2) is 5.58. The zero-order chi connectivity index (χ0) is 14.9. The smallest absolute Gasteiger partial charge is 0.384 e. The zero-order valence-electron chi connectivity index (χ0n) is 10.6. The maximum absolute atomic E-state index is 12.8. The van der Waals surface area contributed by atoms with Crippen molar-refractivity contribution in [2.45, 2.75) is 19.2 Å². The van der Waals surface area contributed by atoms with E-state index in [1.807, 2.05) is 13.0 Å². The molecule has 0 spiro atoms. The second-order valence-corrected chi connectivity index (χ2v) is 5.41. The Morgan fingerprint density at radius 2 is 1.70 bits per heavy atom. The third-order valence-electron chi connectivity index (χ3n) is 2.97. The van der Waals surface area contributed by atoms with Gasteiger partial charge in [0, 0.05) is 4.47 Å². The summed E-state index contributed by atoms with van der Waals surface area (Å²) in [5.74, 6) is 0. The molecule has 0 amide bonds. The van der Waals surface area contributed by atoms with E-state index in [-0.39, 0.29) is 10.0 Å². The van der Waals surface area contributed by atoms with Crippen LogP contribution in [0.15, 0.2) is 46.9 Å². The first kappa shape index (κ1) is 15.1.